The minimum Gasteiger partial charge on any atom is -0.481 e. The van der Waals surface area contributed by atoms with Gasteiger partial charge in [-0.2, -0.15) is 0 Å². The van der Waals surface area contributed by atoms with E-state index < -0.39 is 0 Å². The predicted octanol–water partition coefficient (Wildman–Crippen LogP) is 1.15. The second-order valence-corrected chi connectivity index (χ2v) is 4.62. The lowest BCUT2D eigenvalue weighted by molar-refractivity contribution is 0.107. The summed E-state index contributed by atoms with van der Waals surface area (Å²) < 4.78 is 15.9. The summed E-state index contributed by atoms with van der Waals surface area (Å²) >= 11 is 0. The van der Waals surface area contributed by atoms with Crippen LogP contribution < -0.4 is 14.8 Å². The van der Waals surface area contributed by atoms with Gasteiger partial charge < -0.3 is 19.5 Å². The van der Waals surface area contributed by atoms with Crippen LogP contribution in [0.15, 0.2) is 6.33 Å². The fraction of sp³-hybridized carbons (Fsp3) is 0.692. The van der Waals surface area contributed by atoms with Crippen LogP contribution in [0.5, 0.6) is 11.8 Å². The molecular weight excluding hydrogens is 246 g/mol. The van der Waals surface area contributed by atoms with Gasteiger partial charge in [-0.05, 0) is 19.3 Å². The average molecular weight is 267 g/mol. The van der Waals surface area contributed by atoms with E-state index in [9.17, 15) is 0 Å². The van der Waals surface area contributed by atoms with Crippen LogP contribution in [0, 0.1) is 0 Å². The molecule has 106 valence electrons. The SMILES string of the molecule is COc1ncnc(OC)c1CNC1CCC(OC)C1. The molecule has 6 nitrogen and oxygen atoms in total. The Labute approximate surface area is 113 Å². The summed E-state index contributed by atoms with van der Waals surface area (Å²) in [6, 6.07) is 0.458. The first-order valence-corrected chi connectivity index (χ1v) is 6.46. The molecule has 1 fully saturated rings. The van der Waals surface area contributed by atoms with Crippen LogP contribution in [-0.2, 0) is 11.3 Å². The summed E-state index contributed by atoms with van der Waals surface area (Å²) in [6.07, 6.45) is 5.07. The Hall–Kier alpha value is -1.40. The molecule has 1 aliphatic carbocycles. The fourth-order valence-corrected chi connectivity index (χ4v) is 2.47. The van der Waals surface area contributed by atoms with Gasteiger partial charge in [-0.3, -0.25) is 0 Å². The number of nitrogens with zero attached hydrogens (tertiary/aromatic N) is 2. The van der Waals surface area contributed by atoms with E-state index in [0.29, 0.717) is 30.5 Å². The van der Waals surface area contributed by atoms with Gasteiger partial charge in [-0.1, -0.05) is 0 Å². The summed E-state index contributed by atoms with van der Waals surface area (Å²) in [5.74, 6) is 1.11. The first-order chi connectivity index (χ1) is 9.28. The molecule has 0 aliphatic heterocycles. The maximum atomic E-state index is 5.37. The van der Waals surface area contributed by atoms with Gasteiger partial charge in [-0.15, -0.1) is 0 Å². The second kappa shape index (κ2) is 6.68. The van der Waals surface area contributed by atoms with Crippen LogP contribution in [-0.4, -0.2) is 43.4 Å². The number of rotatable bonds is 6. The minimum atomic E-state index is 0.369. The van der Waals surface area contributed by atoms with Crippen molar-refractivity contribution in [2.75, 3.05) is 21.3 Å². The standard InChI is InChI=1S/C13H21N3O3/c1-17-10-5-4-9(6-10)14-7-11-12(18-2)15-8-16-13(11)19-3/h8-10,14H,4-7H2,1-3H3. The molecule has 2 rings (SSSR count). The van der Waals surface area contributed by atoms with E-state index in [1.807, 2.05) is 0 Å². The monoisotopic (exact) mass is 267 g/mol. The molecule has 6 heteroatoms. The maximum Gasteiger partial charge on any atom is 0.224 e. The molecule has 1 aromatic heterocycles. The zero-order chi connectivity index (χ0) is 13.7. The first kappa shape index (κ1) is 14.0. The van der Waals surface area contributed by atoms with Crippen molar-refractivity contribution >= 4 is 0 Å². The molecule has 19 heavy (non-hydrogen) atoms. The molecule has 0 amide bonds. The summed E-state index contributed by atoms with van der Waals surface area (Å²) in [7, 11) is 4.97. The number of ether oxygens (including phenoxy) is 3. The van der Waals surface area contributed by atoms with Crippen molar-refractivity contribution in [3.63, 3.8) is 0 Å². The van der Waals surface area contributed by atoms with E-state index in [4.69, 9.17) is 14.2 Å². The van der Waals surface area contributed by atoms with Crippen LogP contribution >= 0.6 is 0 Å². The Kier molecular flexibility index (Phi) is 4.93. The Bertz CT molecular complexity index is 392. The van der Waals surface area contributed by atoms with Crippen molar-refractivity contribution in [3.05, 3.63) is 11.9 Å². The molecule has 1 aromatic rings. The third kappa shape index (κ3) is 3.33. The highest BCUT2D eigenvalue weighted by Gasteiger charge is 2.24. The van der Waals surface area contributed by atoms with Crippen molar-refractivity contribution in [2.45, 2.75) is 38.0 Å². The third-order valence-electron chi connectivity index (χ3n) is 3.54. The minimum absolute atomic E-state index is 0.369. The van der Waals surface area contributed by atoms with Crippen LogP contribution in [0.25, 0.3) is 0 Å². The van der Waals surface area contributed by atoms with Gasteiger partial charge in [0.1, 0.15) is 6.33 Å². The topological polar surface area (TPSA) is 65.5 Å². The number of nitrogens with one attached hydrogen (secondary N) is 1. The van der Waals surface area contributed by atoms with Gasteiger partial charge in [0.15, 0.2) is 0 Å². The van der Waals surface area contributed by atoms with Crippen LogP contribution in [0.1, 0.15) is 24.8 Å². The molecule has 1 saturated carbocycles. The van der Waals surface area contributed by atoms with Crippen LogP contribution in [0.4, 0.5) is 0 Å². The highest BCUT2D eigenvalue weighted by Crippen LogP contribution is 2.25. The molecule has 2 atom stereocenters. The summed E-state index contributed by atoms with van der Waals surface area (Å²) in [6.45, 7) is 0.633. The van der Waals surface area contributed by atoms with Gasteiger partial charge in [-0.25, -0.2) is 9.97 Å². The van der Waals surface area contributed by atoms with Crippen molar-refractivity contribution in [3.8, 4) is 11.8 Å². The molecule has 1 N–H and O–H groups in total. The van der Waals surface area contributed by atoms with Crippen molar-refractivity contribution < 1.29 is 14.2 Å². The van der Waals surface area contributed by atoms with Gasteiger partial charge in [0.2, 0.25) is 11.8 Å². The maximum absolute atomic E-state index is 5.37. The first-order valence-electron chi connectivity index (χ1n) is 6.46. The lowest BCUT2D eigenvalue weighted by Gasteiger charge is -2.15. The van der Waals surface area contributed by atoms with Gasteiger partial charge in [0.25, 0.3) is 0 Å². The lowest BCUT2D eigenvalue weighted by atomic mass is 10.2. The van der Waals surface area contributed by atoms with Crippen LogP contribution in [0.3, 0.4) is 0 Å². The van der Waals surface area contributed by atoms with Crippen LogP contribution in [0.2, 0.25) is 0 Å². The Morgan fingerprint density at radius 3 is 2.37 bits per heavy atom. The highest BCUT2D eigenvalue weighted by atomic mass is 16.5. The fourth-order valence-electron chi connectivity index (χ4n) is 2.47. The molecule has 0 bridgehead atoms. The van der Waals surface area contributed by atoms with E-state index in [0.717, 1.165) is 24.8 Å². The molecule has 2 unspecified atom stereocenters. The Morgan fingerprint density at radius 2 is 1.84 bits per heavy atom. The molecule has 0 radical (unpaired) electrons. The van der Waals surface area contributed by atoms with E-state index in [1.54, 1.807) is 21.3 Å². The van der Waals surface area contributed by atoms with E-state index in [-0.39, 0.29) is 0 Å². The predicted molar refractivity (Wildman–Crippen MR) is 70.4 cm³/mol. The molecule has 0 spiro atoms. The average Bonchev–Trinajstić information content (AvgIpc) is 2.92. The summed E-state index contributed by atoms with van der Waals surface area (Å²) in [4.78, 5) is 8.21. The number of hydrogen-bond donors (Lipinski definition) is 1. The van der Waals surface area contributed by atoms with Gasteiger partial charge >= 0.3 is 0 Å². The van der Waals surface area contributed by atoms with E-state index in [2.05, 4.69) is 15.3 Å². The smallest absolute Gasteiger partial charge is 0.224 e. The third-order valence-corrected chi connectivity index (χ3v) is 3.54. The largest absolute Gasteiger partial charge is 0.481 e. The van der Waals surface area contributed by atoms with Crippen molar-refractivity contribution in [1.29, 1.82) is 0 Å². The zero-order valence-electron chi connectivity index (χ0n) is 11.7. The Balaban J connectivity index is 1.99. The molecular formula is C13H21N3O3. The molecule has 0 saturated heterocycles. The van der Waals surface area contributed by atoms with Gasteiger partial charge in [0.05, 0.1) is 25.9 Å². The van der Waals surface area contributed by atoms with Crippen molar-refractivity contribution in [1.82, 2.24) is 15.3 Å². The van der Waals surface area contributed by atoms with Gasteiger partial charge in [0, 0.05) is 19.7 Å². The lowest BCUT2D eigenvalue weighted by Crippen LogP contribution is -2.27. The Morgan fingerprint density at radius 1 is 1.16 bits per heavy atom. The number of methoxy groups -OCH3 is 3. The van der Waals surface area contributed by atoms with Crippen molar-refractivity contribution in [2.24, 2.45) is 0 Å². The zero-order valence-corrected chi connectivity index (χ0v) is 11.7. The normalized spacial score (nSPS) is 22.5. The highest BCUT2D eigenvalue weighted by molar-refractivity contribution is 5.34. The number of hydrogen-bond acceptors (Lipinski definition) is 6. The second-order valence-electron chi connectivity index (χ2n) is 4.62. The molecule has 1 heterocycles. The summed E-state index contributed by atoms with van der Waals surface area (Å²) in [5.41, 5.74) is 0.855. The van der Waals surface area contributed by atoms with E-state index in [1.165, 1.54) is 6.33 Å². The summed E-state index contributed by atoms with van der Waals surface area (Å²) in [5, 5.41) is 3.49. The van der Waals surface area contributed by atoms with E-state index >= 15 is 0 Å². The molecule has 0 aromatic carbocycles. The molecule has 1 aliphatic rings. The quantitative estimate of drug-likeness (QED) is 0.834. The number of aromatic nitrogens is 2.